The zero-order chi connectivity index (χ0) is 59.4. The number of esters is 1. The number of aliphatic hydroxyl groups excluding tert-OH is 2. The number of carbonyl (C=O) groups excluding carboxylic acids is 4. The average Bonchev–Trinajstić information content (AvgIpc) is 3.42. The van der Waals surface area contributed by atoms with Gasteiger partial charge in [-0.05, 0) is 122 Å². The fourth-order valence-corrected chi connectivity index (χ4v) is 11.3. The van der Waals surface area contributed by atoms with Gasteiger partial charge >= 0.3 is 18.2 Å². The van der Waals surface area contributed by atoms with E-state index in [1.807, 2.05) is 65.6 Å². The van der Waals surface area contributed by atoms with E-state index in [0.717, 1.165) is 5.56 Å². The first-order chi connectivity index (χ1) is 37.6. The summed E-state index contributed by atoms with van der Waals surface area (Å²) in [6.07, 6.45) is -9.61. The van der Waals surface area contributed by atoms with Gasteiger partial charge in [-0.1, -0.05) is 52.8 Å². The number of alkyl carbamates (subject to hydrolysis) is 1. The van der Waals surface area contributed by atoms with Crippen LogP contribution in [0.5, 0.6) is 17.2 Å². The highest BCUT2D eigenvalue weighted by Crippen LogP contribution is 2.42. The van der Waals surface area contributed by atoms with Gasteiger partial charge in [0.25, 0.3) is 5.91 Å². The van der Waals surface area contributed by atoms with Gasteiger partial charge in [0, 0.05) is 49.0 Å². The number of benzene rings is 2. The molecule has 2 aromatic rings. The Labute approximate surface area is 472 Å². The van der Waals surface area contributed by atoms with Crippen LogP contribution >= 0.6 is 0 Å². The van der Waals surface area contributed by atoms with Gasteiger partial charge in [-0.15, -0.1) is 0 Å². The molecule has 1 unspecified atom stereocenters. The maximum atomic E-state index is 14.8. The molecule has 3 amide bonds. The van der Waals surface area contributed by atoms with Crippen molar-refractivity contribution >= 4 is 30.1 Å². The summed E-state index contributed by atoms with van der Waals surface area (Å²) < 4.78 is 60.6. The Balaban J connectivity index is 1.43. The van der Waals surface area contributed by atoms with E-state index in [0.29, 0.717) is 35.8 Å². The fraction of sp³-hybridized carbons (Fsp3) is 0.690. The van der Waals surface area contributed by atoms with Crippen molar-refractivity contribution in [3.8, 4) is 17.2 Å². The summed E-state index contributed by atoms with van der Waals surface area (Å²) in [5.74, 6) is -2.02. The van der Waals surface area contributed by atoms with Crippen LogP contribution < -0.4 is 30.4 Å². The second-order valence-electron chi connectivity index (χ2n) is 23.0. The smallest absolute Gasteiger partial charge is 0.426 e. The van der Waals surface area contributed by atoms with Crippen molar-refractivity contribution in [3.63, 3.8) is 0 Å². The molecule has 0 spiro atoms. The Bertz CT molecular complexity index is 2360. The third-order valence-corrected chi connectivity index (χ3v) is 15.7. The number of aliphatic hydroxyl groups is 3. The van der Waals surface area contributed by atoms with Crippen molar-refractivity contribution in [2.24, 2.45) is 23.2 Å². The van der Waals surface area contributed by atoms with E-state index in [1.54, 1.807) is 84.2 Å². The fourth-order valence-electron chi connectivity index (χ4n) is 11.3. The lowest BCUT2D eigenvalue weighted by Crippen LogP contribution is -2.60. The third kappa shape index (κ3) is 17.4. The zero-order valence-electron chi connectivity index (χ0n) is 49.6. The molecule has 0 aliphatic carbocycles. The lowest BCUT2D eigenvalue weighted by atomic mass is 9.77. The predicted molar refractivity (Wildman–Crippen MR) is 296 cm³/mol. The summed E-state index contributed by atoms with van der Waals surface area (Å²) in [6.45, 7) is 18.4. The Morgan fingerprint density at radius 1 is 0.825 bits per heavy atom. The molecule has 80 heavy (non-hydrogen) atoms. The number of ether oxygens (including phenoxy) is 10. The molecule has 0 saturated carbocycles. The Kier molecular flexibility index (Phi) is 23.8. The first-order valence-electron chi connectivity index (χ1n) is 27.6. The van der Waals surface area contributed by atoms with E-state index < -0.39 is 114 Å². The van der Waals surface area contributed by atoms with Gasteiger partial charge in [0.05, 0.1) is 57.3 Å². The molecule has 0 radical (unpaired) electrons. The van der Waals surface area contributed by atoms with E-state index >= 15 is 0 Å². The van der Waals surface area contributed by atoms with Gasteiger partial charge in [0.15, 0.2) is 24.1 Å². The van der Waals surface area contributed by atoms with E-state index in [-0.39, 0.29) is 43.9 Å². The number of methoxy groups -OCH3 is 3. The van der Waals surface area contributed by atoms with Crippen molar-refractivity contribution in [1.82, 2.24) is 26.0 Å². The van der Waals surface area contributed by atoms with Gasteiger partial charge in [-0.2, -0.15) is 0 Å². The van der Waals surface area contributed by atoms with Crippen molar-refractivity contribution in [2.75, 3.05) is 49.0 Å². The summed E-state index contributed by atoms with van der Waals surface area (Å²) in [5.41, 5.74) is 3.53. The lowest BCUT2D eigenvalue weighted by Gasteiger charge is -2.49. The molecule has 3 aliphatic heterocycles. The summed E-state index contributed by atoms with van der Waals surface area (Å²) in [5, 5.41) is 39.7. The maximum Gasteiger partial charge on any atom is 0.426 e. The molecule has 3 fully saturated rings. The quantitative estimate of drug-likeness (QED) is 0.0551. The summed E-state index contributed by atoms with van der Waals surface area (Å²) in [7, 11) is 10.1. The number of carbonyl (C=O) groups is 4. The molecule has 17 atom stereocenters. The number of hydrogen-bond donors (Lipinski definition) is 6. The van der Waals surface area contributed by atoms with Crippen molar-refractivity contribution in [3.05, 3.63) is 59.7 Å². The van der Waals surface area contributed by atoms with Crippen molar-refractivity contribution in [2.45, 2.75) is 187 Å². The van der Waals surface area contributed by atoms with Crippen LogP contribution in [0.2, 0.25) is 0 Å². The molecule has 3 aliphatic rings. The number of nitrogens with one attached hydrogen (secondary N) is 3. The first kappa shape index (κ1) is 65.5. The van der Waals surface area contributed by atoms with E-state index in [9.17, 15) is 34.5 Å². The van der Waals surface area contributed by atoms with Crippen LogP contribution in [0.3, 0.4) is 0 Å². The van der Waals surface area contributed by atoms with Gasteiger partial charge in [0.2, 0.25) is 0 Å². The van der Waals surface area contributed by atoms with Crippen LogP contribution in [0.15, 0.2) is 48.5 Å². The molecular weight excluding hydrogens is 1040 g/mol. The zero-order valence-corrected chi connectivity index (χ0v) is 49.6. The molecule has 22 heteroatoms. The Morgan fingerprint density at radius 3 is 2.11 bits per heavy atom. The molecule has 22 nitrogen and oxygen atoms in total. The molecule has 6 N–H and O–H groups in total. The summed E-state index contributed by atoms with van der Waals surface area (Å²) in [6, 6.07) is 11.3. The van der Waals surface area contributed by atoms with Crippen LogP contribution in [-0.4, -0.2) is 183 Å². The monoisotopic (exact) mass is 1130 g/mol. The Hall–Kier alpha value is -5.30. The molecule has 450 valence electrons. The molecule has 2 aromatic carbocycles. The van der Waals surface area contributed by atoms with Crippen LogP contribution in [0.4, 0.5) is 9.59 Å². The third-order valence-electron chi connectivity index (χ3n) is 15.7. The van der Waals surface area contributed by atoms with Gasteiger partial charge < -0.3 is 72.9 Å². The number of cyclic esters (lactones) is 1. The highest BCUT2D eigenvalue weighted by atomic mass is 16.7. The maximum absolute atomic E-state index is 14.8. The minimum absolute atomic E-state index is 0.123. The predicted octanol–water partition coefficient (Wildman–Crippen LogP) is 5.57. The molecule has 0 bridgehead atoms. The summed E-state index contributed by atoms with van der Waals surface area (Å²) in [4.78, 5) is 58.3. The van der Waals surface area contributed by atoms with E-state index in [4.69, 9.17) is 47.4 Å². The van der Waals surface area contributed by atoms with Crippen LogP contribution in [0, 0.1) is 23.2 Å². The molecule has 5 rings (SSSR count). The average molecular weight is 1130 g/mol. The van der Waals surface area contributed by atoms with Crippen LogP contribution in [0.1, 0.15) is 106 Å². The SMILES string of the molecule is CC[C@H]1OC(=O)[C@H](C)[C@@H](OC2CC(C)(C)[C@@H](OC(=O)NNC(=O)/C=C/c3ccc(OC)c(OC)c3)[C@H](C)O2)[C@H](C)[C@@H](O[C@@H]2O[C@H](C)C[C@H](N(C)C)[C@H]2O)[C@@](C)(O)C[C@@H](C)CN(C)[C@H](C)[C@@H](OC(=O)NCc2ccc(OC)cc2)[C@H]1O. The minimum Gasteiger partial charge on any atom is -0.497 e. The first-order valence-corrected chi connectivity index (χ1v) is 27.6. The molecule has 3 saturated heterocycles. The van der Waals surface area contributed by atoms with Crippen molar-refractivity contribution in [1.29, 1.82) is 0 Å². The largest absolute Gasteiger partial charge is 0.497 e. The number of hydrogen-bond acceptors (Lipinski definition) is 19. The van der Waals surface area contributed by atoms with Gasteiger partial charge in [0.1, 0.15) is 36.3 Å². The number of amides is 3. The molecular formula is C58H91N5O17. The number of likely N-dealkylation sites (N-methyl/N-ethyl adjacent to an activating group) is 2. The molecule has 0 aromatic heterocycles. The highest BCUT2D eigenvalue weighted by Gasteiger charge is 2.52. The number of hydrazine groups is 1. The minimum atomic E-state index is -1.69. The number of rotatable bonds is 15. The van der Waals surface area contributed by atoms with Crippen molar-refractivity contribution < 1.29 is 81.9 Å². The standard InChI is InChI=1S/C58H91N5O17/c1-17-42-48(66)50(78-55(68)59-30-39-18-22-40(71-14)23-19-39)36(6)63(13)31-32(2)28-58(10,70)51(79-54-47(65)41(62(11)12)26-33(3)74-54)34(4)49(35(5)53(67)76-42)77-46-29-57(8,9)52(37(7)75-46)80-56(69)61-60-45(64)25-21-38-20-24-43(72-15)44(27-38)73-16/h18-25,27,32-37,41-42,46-52,54,65-66,70H,17,26,28-31H2,1-16H3,(H,59,68)(H,60,64)(H,61,69)/b25-21+/t32-,33-,34+,35-,36-,37+,41+,42-,46?,47-,48+,49+,50-,51-,52+,54+,58+/m1/s1. The van der Waals surface area contributed by atoms with Crippen LogP contribution in [-0.2, 0) is 49.3 Å². The molecule has 3 heterocycles. The number of nitrogens with zero attached hydrogens (tertiary/aromatic N) is 2. The normalized spacial score (nSPS) is 33.8. The lowest BCUT2D eigenvalue weighted by molar-refractivity contribution is -0.312. The van der Waals surface area contributed by atoms with Gasteiger partial charge in [-0.3, -0.25) is 19.9 Å². The second-order valence-corrected chi connectivity index (χ2v) is 23.0. The van der Waals surface area contributed by atoms with E-state index in [2.05, 4.69) is 16.2 Å². The van der Waals surface area contributed by atoms with Gasteiger partial charge in [-0.25, -0.2) is 15.0 Å². The summed E-state index contributed by atoms with van der Waals surface area (Å²) >= 11 is 0. The Morgan fingerprint density at radius 2 is 1.50 bits per heavy atom. The van der Waals surface area contributed by atoms with Crippen LogP contribution in [0.25, 0.3) is 6.08 Å². The second kappa shape index (κ2) is 29.1. The van der Waals surface area contributed by atoms with E-state index in [1.165, 1.54) is 26.4 Å². The topological polar surface area (TPSA) is 264 Å². The highest BCUT2D eigenvalue weighted by molar-refractivity contribution is 5.92.